The maximum absolute atomic E-state index is 13.5. The van der Waals surface area contributed by atoms with Crippen LogP contribution in [0.2, 0.25) is 5.02 Å². The van der Waals surface area contributed by atoms with E-state index in [0.717, 1.165) is 15.7 Å². The van der Waals surface area contributed by atoms with Crippen molar-refractivity contribution in [2.75, 3.05) is 18.0 Å². The van der Waals surface area contributed by atoms with Crippen molar-refractivity contribution < 1.29 is 8.78 Å². The van der Waals surface area contributed by atoms with Crippen LogP contribution in [0.3, 0.4) is 0 Å². The summed E-state index contributed by atoms with van der Waals surface area (Å²) in [5.41, 5.74) is 3.19. The molecule has 0 saturated carbocycles. The number of hydrogen-bond donors (Lipinski definition) is 0. The molecule has 1 aliphatic heterocycles. The van der Waals surface area contributed by atoms with Crippen LogP contribution in [0, 0.1) is 18.3 Å². The highest BCUT2D eigenvalue weighted by Gasteiger charge is 2.35. The minimum Gasteiger partial charge on any atom is -0.370 e. The summed E-state index contributed by atoms with van der Waals surface area (Å²) < 4.78 is 29.4. The molecule has 8 heteroatoms. The zero-order valence-electron chi connectivity index (χ0n) is 13.8. The molecule has 4 nitrogen and oxygen atoms in total. The molecule has 0 spiro atoms. The van der Waals surface area contributed by atoms with E-state index >= 15 is 0 Å². The van der Waals surface area contributed by atoms with Crippen molar-refractivity contribution in [1.82, 2.24) is 9.78 Å². The molecule has 0 bridgehead atoms. The summed E-state index contributed by atoms with van der Waals surface area (Å²) in [4.78, 5) is 1.81. The Balaban J connectivity index is 2.18. The molecule has 2 heterocycles. The van der Waals surface area contributed by atoms with Crippen molar-refractivity contribution in [1.29, 1.82) is 5.26 Å². The van der Waals surface area contributed by atoms with Gasteiger partial charge in [-0.2, -0.15) is 10.4 Å². The lowest BCUT2D eigenvalue weighted by Gasteiger charge is -2.34. The number of aromatic nitrogens is 2. The minimum absolute atomic E-state index is 0.188. The van der Waals surface area contributed by atoms with Gasteiger partial charge in [0.25, 0.3) is 5.92 Å². The second-order valence-electron chi connectivity index (χ2n) is 6.17. The van der Waals surface area contributed by atoms with Crippen molar-refractivity contribution in [3.8, 4) is 17.3 Å². The van der Waals surface area contributed by atoms with Crippen LogP contribution in [-0.4, -0.2) is 28.8 Å². The molecule has 0 radical (unpaired) electrons. The van der Waals surface area contributed by atoms with E-state index < -0.39 is 5.92 Å². The van der Waals surface area contributed by atoms with Crippen LogP contribution in [-0.2, 0) is 7.05 Å². The molecule has 1 fully saturated rings. The Hall–Kier alpha value is -1.65. The highest BCUT2D eigenvalue weighted by molar-refractivity contribution is 9.10. The summed E-state index contributed by atoms with van der Waals surface area (Å²) in [5, 5.41) is 14.5. The Kier molecular flexibility index (Phi) is 4.78. The number of anilines is 1. The fourth-order valence-electron chi connectivity index (χ4n) is 3.16. The molecular formula is C17H16BrClF2N4. The summed E-state index contributed by atoms with van der Waals surface area (Å²) in [6.07, 6.45) is 1.19. The first kappa shape index (κ1) is 18.2. The van der Waals surface area contributed by atoms with Gasteiger partial charge in [0.1, 0.15) is 6.07 Å². The normalized spacial score (nSPS) is 16.8. The number of halogens is 4. The highest BCUT2D eigenvalue weighted by Crippen LogP contribution is 2.42. The van der Waals surface area contributed by atoms with Crippen LogP contribution in [0.1, 0.15) is 24.0 Å². The minimum atomic E-state index is -2.65. The molecule has 1 aromatic heterocycles. The summed E-state index contributed by atoms with van der Waals surface area (Å²) >= 11 is 9.88. The topological polar surface area (TPSA) is 44.9 Å². The first-order valence-electron chi connectivity index (χ1n) is 7.79. The number of nitrogens with zero attached hydrogens (tertiary/aromatic N) is 4. The second kappa shape index (κ2) is 6.58. The molecule has 1 aromatic carbocycles. The number of benzene rings is 1. The van der Waals surface area contributed by atoms with Crippen LogP contribution < -0.4 is 4.90 Å². The van der Waals surface area contributed by atoms with Crippen molar-refractivity contribution in [3.05, 3.63) is 32.9 Å². The Morgan fingerprint density at radius 1 is 1.36 bits per heavy atom. The number of piperidine rings is 1. The zero-order chi connectivity index (χ0) is 18.4. The van der Waals surface area contributed by atoms with E-state index in [0.29, 0.717) is 21.8 Å². The van der Waals surface area contributed by atoms with Crippen LogP contribution in [0.4, 0.5) is 14.5 Å². The van der Waals surface area contributed by atoms with Gasteiger partial charge in [-0.3, -0.25) is 4.68 Å². The second-order valence-corrected chi connectivity index (χ2v) is 7.43. The van der Waals surface area contributed by atoms with Gasteiger partial charge in [-0.15, -0.1) is 0 Å². The van der Waals surface area contributed by atoms with Gasteiger partial charge in [0.2, 0.25) is 0 Å². The summed E-state index contributed by atoms with van der Waals surface area (Å²) in [7, 11) is 1.78. The smallest absolute Gasteiger partial charge is 0.251 e. The first-order valence-corrected chi connectivity index (χ1v) is 8.96. The number of hydrogen-bond acceptors (Lipinski definition) is 3. The molecule has 25 heavy (non-hydrogen) atoms. The molecule has 1 saturated heterocycles. The zero-order valence-corrected chi connectivity index (χ0v) is 16.1. The van der Waals surface area contributed by atoms with E-state index in [-0.39, 0.29) is 25.9 Å². The van der Waals surface area contributed by atoms with Crippen molar-refractivity contribution in [3.63, 3.8) is 0 Å². The number of alkyl halides is 2. The number of nitriles is 1. The molecule has 3 rings (SSSR count). The van der Waals surface area contributed by atoms with Gasteiger partial charge in [-0.05, 0) is 34.5 Å². The summed E-state index contributed by atoms with van der Waals surface area (Å²) in [6.45, 7) is 2.21. The summed E-state index contributed by atoms with van der Waals surface area (Å²) in [5.74, 6) is -2.65. The Morgan fingerprint density at radius 3 is 2.52 bits per heavy atom. The maximum atomic E-state index is 13.5. The Labute approximate surface area is 158 Å². The van der Waals surface area contributed by atoms with Crippen LogP contribution in [0.25, 0.3) is 11.3 Å². The molecule has 0 aliphatic carbocycles. The fraction of sp³-hybridized carbons (Fsp3) is 0.412. The third-order valence-corrected chi connectivity index (χ3v) is 5.55. The standard InChI is InChI=1S/C17H16BrClF2N4/c1-10-13(19)7-14(25-5-3-17(20,21)4-6-25)11(8-22)15(10)16-12(18)9-23-24(16)2/h7,9H,3-6H2,1-2H3. The molecule has 0 unspecified atom stereocenters. The van der Waals surface area contributed by atoms with E-state index in [9.17, 15) is 14.0 Å². The van der Waals surface area contributed by atoms with Gasteiger partial charge in [0, 0.05) is 43.6 Å². The van der Waals surface area contributed by atoms with Gasteiger partial charge >= 0.3 is 0 Å². The Morgan fingerprint density at radius 2 is 2.00 bits per heavy atom. The quantitative estimate of drug-likeness (QED) is 0.681. The lowest BCUT2D eigenvalue weighted by Crippen LogP contribution is -2.39. The first-order chi connectivity index (χ1) is 11.7. The lowest BCUT2D eigenvalue weighted by molar-refractivity contribution is -0.0220. The summed E-state index contributed by atoms with van der Waals surface area (Å²) in [6, 6.07) is 3.94. The van der Waals surface area contributed by atoms with E-state index in [1.54, 1.807) is 24.0 Å². The maximum Gasteiger partial charge on any atom is 0.251 e. The molecule has 0 N–H and O–H groups in total. The van der Waals surface area contributed by atoms with E-state index in [4.69, 9.17) is 11.6 Å². The SMILES string of the molecule is Cc1c(Cl)cc(N2CCC(F)(F)CC2)c(C#N)c1-c1c(Br)cnn1C. The third-order valence-electron chi connectivity index (χ3n) is 4.58. The van der Waals surface area contributed by atoms with E-state index in [1.165, 1.54) is 0 Å². The average Bonchev–Trinajstić information content (AvgIpc) is 2.88. The number of aryl methyl sites for hydroxylation is 1. The van der Waals surface area contributed by atoms with Gasteiger partial charge in [0.15, 0.2) is 0 Å². The number of rotatable bonds is 2. The van der Waals surface area contributed by atoms with Crippen molar-refractivity contribution >= 4 is 33.2 Å². The lowest BCUT2D eigenvalue weighted by atomic mass is 9.95. The molecular weight excluding hydrogens is 414 g/mol. The molecule has 2 aromatic rings. The largest absolute Gasteiger partial charge is 0.370 e. The van der Waals surface area contributed by atoms with Crippen molar-refractivity contribution in [2.45, 2.75) is 25.7 Å². The van der Waals surface area contributed by atoms with Crippen LogP contribution in [0.5, 0.6) is 0 Å². The third kappa shape index (κ3) is 3.25. The van der Waals surface area contributed by atoms with Crippen LogP contribution in [0.15, 0.2) is 16.7 Å². The van der Waals surface area contributed by atoms with Gasteiger partial charge in [0.05, 0.1) is 27.6 Å². The van der Waals surface area contributed by atoms with Gasteiger partial charge in [-0.1, -0.05) is 11.6 Å². The predicted octanol–water partition coefficient (Wildman–Crippen LogP) is 4.92. The highest BCUT2D eigenvalue weighted by atomic mass is 79.9. The molecule has 0 amide bonds. The fourth-order valence-corrected chi connectivity index (χ4v) is 3.91. The molecule has 0 atom stereocenters. The Bertz CT molecular complexity index is 843. The predicted molar refractivity (Wildman–Crippen MR) is 97.2 cm³/mol. The molecule has 132 valence electrons. The van der Waals surface area contributed by atoms with E-state index in [2.05, 4.69) is 27.1 Å². The van der Waals surface area contributed by atoms with E-state index in [1.807, 2.05) is 11.8 Å². The molecule has 1 aliphatic rings. The van der Waals surface area contributed by atoms with Gasteiger partial charge in [-0.25, -0.2) is 8.78 Å². The van der Waals surface area contributed by atoms with Crippen LogP contribution >= 0.6 is 27.5 Å². The van der Waals surface area contributed by atoms with Crippen molar-refractivity contribution in [2.24, 2.45) is 7.05 Å². The van der Waals surface area contributed by atoms with Gasteiger partial charge < -0.3 is 4.90 Å². The average molecular weight is 430 g/mol. The monoisotopic (exact) mass is 428 g/mol.